The normalized spacial score (nSPS) is 12.0. The molecule has 2 amide bonds. The number of aliphatic hydroxyl groups is 2. The van der Waals surface area contributed by atoms with E-state index in [4.69, 9.17) is 9.47 Å². The number of aliphatic hydroxyl groups excluding tert-OH is 2. The summed E-state index contributed by atoms with van der Waals surface area (Å²) >= 11 is 0. The third-order valence-electron chi connectivity index (χ3n) is 7.53. The fourth-order valence-corrected chi connectivity index (χ4v) is 5.02. The Morgan fingerprint density at radius 3 is 1.24 bits per heavy atom. The maximum atomic E-state index is 13.2. The van der Waals surface area contributed by atoms with Gasteiger partial charge in [-0.25, -0.2) is 0 Å². The van der Waals surface area contributed by atoms with Crippen molar-refractivity contribution in [3.63, 3.8) is 0 Å². The Morgan fingerprint density at radius 2 is 0.848 bits per heavy atom. The Kier molecular flexibility index (Phi) is 11.1. The van der Waals surface area contributed by atoms with Crippen LogP contribution in [0.3, 0.4) is 0 Å². The van der Waals surface area contributed by atoms with Gasteiger partial charge in [-0.15, -0.1) is 0 Å². The predicted octanol–water partition coefficient (Wildman–Crippen LogP) is 5.77. The van der Waals surface area contributed by atoms with Crippen LogP contribution in [0.5, 0.6) is 11.5 Å². The summed E-state index contributed by atoms with van der Waals surface area (Å²) in [5.74, 6) is 0.0834. The fourth-order valence-electron chi connectivity index (χ4n) is 5.02. The minimum Gasteiger partial charge on any atom is -0.488 e. The number of carbonyl (C=O) groups excluding carboxylic acids is 2. The molecular weight excluding hydrogens is 580 g/mol. The second-order valence-corrected chi connectivity index (χ2v) is 10.6. The number of ether oxygens (including phenoxy) is 2. The Balaban J connectivity index is 1.25. The molecule has 234 valence electrons. The molecule has 0 radical (unpaired) electrons. The van der Waals surface area contributed by atoms with Crippen LogP contribution < -0.4 is 20.1 Å². The molecule has 8 nitrogen and oxygen atoms in total. The molecule has 5 aromatic rings. The van der Waals surface area contributed by atoms with E-state index in [1.54, 1.807) is 48.5 Å². The van der Waals surface area contributed by atoms with Crippen LogP contribution >= 0.6 is 0 Å². The van der Waals surface area contributed by atoms with Crippen LogP contribution in [-0.2, 0) is 13.2 Å². The summed E-state index contributed by atoms with van der Waals surface area (Å²) < 4.78 is 12.3. The highest BCUT2D eigenvalue weighted by molar-refractivity contribution is 5.97. The molecule has 0 fully saturated rings. The van der Waals surface area contributed by atoms with Crippen LogP contribution in [0.2, 0.25) is 0 Å². The van der Waals surface area contributed by atoms with Gasteiger partial charge in [0, 0.05) is 0 Å². The molecule has 0 aromatic heterocycles. The van der Waals surface area contributed by atoms with Crippen molar-refractivity contribution in [2.24, 2.45) is 0 Å². The lowest BCUT2D eigenvalue weighted by molar-refractivity contribution is 0.0904. The van der Waals surface area contributed by atoms with Crippen molar-refractivity contribution < 1.29 is 29.3 Å². The Labute approximate surface area is 268 Å². The molecule has 0 bridgehead atoms. The van der Waals surface area contributed by atoms with Gasteiger partial charge in [0.15, 0.2) is 0 Å². The number of rotatable bonds is 14. The van der Waals surface area contributed by atoms with Gasteiger partial charge in [0.25, 0.3) is 11.8 Å². The molecule has 0 heterocycles. The third kappa shape index (κ3) is 8.18. The first kappa shape index (κ1) is 32.0. The van der Waals surface area contributed by atoms with Crippen molar-refractivity contribution in [3.8, 4) is 11.5 Å². The highest BCUT2D eigenvalue weighted by Crippen LogP contribution is 2.25. The Bertz CT molecular complexity index is 1600. The van der Waals surface area contributed by atoms with Crippen LogP contribution in [0.15, 0.2) is 133 Å². The predicted molar refractivity (Wildman–Crippen MR) is 175 cm³/mol. The van der Waals surface area contributed by atoms with Crippen molar-refractivity contribution in [2.45, 2.75) is 25.3 Å². The van der Waals surface area contributed by atoms with E-state index in [-0.39, 0.29) is 38.2 Å². The summed E-state index contributed by atoms with van der Waals surface area (Å²) in [5, 5.41) is 25.6. The smallest absolute Gasteiger partial charge is 0.255 e. The first-order valence-electron chi connectivity index (χ1n) is 15.0. The minimum absolute atomic E-state index is 0.170. The second-order valence-electron chi connectivity index (χ2n) is 10.6. The molecular formula is C38H36N2O6. The molecule has 0 aliphatic rings. The number of benzene rings is 5. The van der Waals surface area contributed by atoms with Gasteiger partial charge in [0.2, 0.25) is 0 Å². The lowest BCUT2D eigenvalue weighted by Crippen LogP contribution is -2.31. The number of amides is 2. The zero-order chi connectivity index (χ0) is 32.1. The van der Waals surface area contributed by atoms with Gasteiger partial charge in [0.05, 0.1) is 36.4 Å². The van der Waals surface area contributed by atoms with Gasteiger partial charge < -0.3 is 30.3 Å². The highest BCUT2D eigenvalue weighted by Gasteiger charge is 2.20. The summed E-state index contributed by atoms with van der Waals surface area (Å²) in [6.07, 6.45) is 0. The summed E-state index contributed by atoms with van der Waals surface area (Å²) in [6.45, 7) is -0.148. The van der Waals surface area contributed by atoms with E-state index in [1.165, 1.54) is 0 Å². The first-order chi connectivity index (χ1) is 22.6. The Hall–Kier alpha value is -5.44. The molecule has 5 aromatic carbocycles. The molecule has 0 unspecified atom stereocenters. The quantitative estimate of drug-likeness (QED) is 0.126. The number of hydrogen-bond acceptors (Lipinski definition) is 6. The maximum Gasteiger partial charge on any atom is 0.255 e. The molecule has 0 spiro atoms. The van der Waals surface area contributed by atoms with Crippen molar-refractivity contribution in [3.05, 3.63) is 167 Å². The highest BCUT2D eigenvalue weighted by atomic mass is 16.5. The first-order valence-corrected chi connectivity index (χ1v) is 15.0. The van der Waals surface area contributed by atoms with Gasteiger partial charge in [-0.05, 0) is 46.5 Å². The van der Waals surface area contributed by atoms with E-state index in [1.807, 2.05) is 84.9 Å². The zero-order valence-electron chi connectivity index (χ0n) is 25.2. The largest absolute Gasteiger partial charge is 0.488 e. The zero-order valence-corrected chi connectivity index (χ0v) is 25.2. The number of para-hydroxylation sites is 2. The van der Waals surface area contributed by atoms with Gasteiger partial charge in [-0.3, -0.25) is 9.59 Å². The molecule has 5 rings (SSSR count). The molecule has 0 saturated heterocycles. The average molecular weight is 617 g/mol. The van der Waals surface area contributed by atoms with Crippen molar-refractivity contribution in [1.82, 2.24) is 10.6 Å². The van der Waals surface area contributed by atoms with Gasteiger partial charge in [-0.2, -0.15) is 0 Å². The lowest BCUT2D eigenvalue weighted by atomic mass is 10.1. The lowest BCUT2D eigenvalue weighted by Gasteiger charge is -2.19. The van der Waals surface area contributed by atoms with E-state index < -0.39 is 12.1 Å². The molecule has 8 heteroatoms. The van der Waals surface area contributed by atoms with Crippen LogP contribution in [0.1, 0.15) is 55.1 Å². The number of nitrogens with one attached hydrogen (secondary N) is 2. The monoisotopic (exact) mass is 616 g/mol. The number of carbonyl (C=O) groups is 2. The fraction of sp³-hybridized carbons (Fsp3) is 0.158. The SMILES string of the molecule is O=C(N[C@@H](CO)c1ccccc1)c1ccccc1OCc1ccccc1COc1ccccc1C(=O)N[C@@H](CO)c1ccccc1. The standard InChI is InChI=1S/C38H36N2O6/c41-23-33(27-13-3-1-4-14-27)39-37(43)31-19-9-11-21-35(31)45-25-29-17-7-8-18-30(29)26-46-36-22-12-10-20-32(36)38(44)40-34(24-42)28-15-5-2-6-16-28/h1-22,33-34,41-42H,23-26H2,(H,39,43)(H,40,44)/t33-,34-/m0/s1. The van der Waals surface area contributed by atoms with Gasteiger partial charge in [0.1, 0.15) is 24.7 Å². The van der Waals surface area contributed by atoms with Crippen LogP contribution in [0.4, 0.5) is 0 Å². The maximum absolute atomic E-state index is 13.2. The summed E-state index contributed by atoms with van der Waals surface area (Å²) in [4.78, 5) is 26.5. The summed E-state index contributed by atoms with van der Waals surface area (Å²) in [6, 6.07) is 39.0. The minimum atomic E-state index is -0.558. The van der Waals surface area contributed by atoms with E-state index >= 15 is 0 Å². The van der Waals surface area contributed by atoms with Gasteiger partial charge >= 0.3 is 0 Å². The van der Waals surface area contributed by atoms with E-state index in [0.29, 0.717) is 22.6 Å². The molecule has 0 aliphatic heterocycles. The van der Waals surface area contributed by atoms with Crippen molar-refractivity contribution in [1.29, 1.82) is 0 Å². The van der Waals surface area contributed by atoms with E-state index in [9.17, 15) is 19.8 Å². The van der Waals surface area contributed by atoms with Crippen LogP contribution in [0, 0.1) is 0 Å². The second kappa shape index (κ2) is 16.0. The molecule has 0 aliphatic carbocycles. The van der Waals surface area contributed by atoms with Crippen LogP contribution in [-0.4, -0.2) is 35.2 Å². The molecule has 2 atom stereocenters. The van der Waals surface area contributed by atoms with Crippen molar-refractivity contribution >= 4 is 11.8 Å². The van der Waals surface area contributed by atoms with Gasteiger partial charge in [-0.1, -0.05) is 109 Å². The molecule has 0 saturated carbocycles. The van der Waals surface area contributed by atoms with Crippen molar-refractivity contribution in [2.75, 3.05) is 13.2 Å². The topological polar surface area (TPSA) is 117 Å². The average Bonchev–Trinajstić information content (AvgIpc) is 3.12. The Morgan fingerprint density at radius 1 is 0.500 bits per heavy atom. The third-order valence-corrected chi connectivity index (χ3v) is 7.53. The van der Waals surface area contributed by atoms with E-state index in [0.717, 1.165) is 22.3 Å². The molecule has 4 N–H and O–H groups in total. The van der Waals surface area contributed by atoms with E-state index in [2.05, 4.69) is 10.6 Å². The summed E-state index contributed by atoms with van der Waals surface area (Å²) in [5.41, 5.74) is 4.00. The number of hydrogen-bond donors (Lipinski definition) is 4. The summed E-state index contributed by atoms with van der Waals surface area (Å²) in [7, 11) is 0. The molecule has 46 heavy (non-hydrogen) atoms. The van der Waals surface area contributed by atoms with Crippen LogP contribution in [0.25, 0.3) is 0 Å².